The van der Waals surface area contributed by atoms with E-state index in [1.165, 1.54) is 6.42 Å². The summed E-state index contributed by atoms with van der Waals surface area (Å²) >= 11 is 0. The van der Waals surface area contributed by atoms with Gasteiger partial charge in [-0.15, -0.1) is 0 Å². The van der Waals surface area contributed by atoms with Crippen LogP contribution in [-0.2, 0) is 4.74 Å². The van der Waals surface area contributed by atoms with Crippen molar-refractivity contribution in [3.63, 3.8) is 0 Å². The first-order chi connectivity index (χ1) is 13.2. The summed E-state index contributed by atoms with van der Waals surface area (Å²) in [6, 6.07) is 14.4. The van der Waals surface area contributed by atoms with Gasteiger partial charge in [0.15, 0.2) is 5.65 Å². The van der Waals surface area contributed by atoms with Crippen LogP contribution in [0.2, 0.25) is 0 Å². The number of anilines is 1. The SMILES string of the molecule is COCCN1CCC(CNc2cc(-c3ccccc3)nc3cc(C)nn23)C1. The lowest BCUT2D eigenvalue weighted by atomic mass is 10.1. The van der Waals surface area contributed by atoms with Crippen LogP contribution in [0.1, 0.15) is 12.1 Å². The fourth-order valence-electron chi connectivity index (χ4n) is 3.72. The number of likely N-dealkylation sites (tertiary alicyclic amines) is 1. The van der Waals surface area contributed by atoms with Crippen LogP contribution in [0, 0.1) is 12.8 Å². The number of rotatable bonds is 7. The summed E-state index contributed by atoms with van der Waals surface area (Å²) in [7, 11) is 1.76. The van der Waals surface area contributed by atoms with E-state index >= 15 is 0 Å². The first-order valence-corrected chi connectivity index (χ1v) is 9.61. The molecule has 4 rings (SSSR count). The van der Waals surface area contributed by atoms with Gasteiger partial charge < -0.3 is 15.0 Å². The van der Waals surface area contributed by atoms with E-state index in [0.717, 1.165) is 61.2 Å². The largest absolute Gasteiger partial charge is 0.383 e. The highest BCUT2D eigenvalue weighted by atomic mass is 16.5. The number of methoxy groups -OCH3 is 1. The Morgan fingerprint density at radius 2 is 2.07 bits per heavy atom. The van der Waals surface area contributed by atoms with E-state index in [1.807, 2.05) is 35.7 Å². The number of fused-ring (bicyclic) bond motifs is 1. The Kier molecular flexibility index (Phi) is 5.36. The maximum Gasteiger partial charge on any atom is 0.158 e. The van der Waals surface area contributed by atoms with Crippen molar-refractivity contribution in [2.45, 2.75) is 13.3 Å². The minimum atomic E-state index is 0.641. The minimum Gasteiger partial charge on any atom is -0.383 e. The molecule has 6 nitrogen and oxygen atoms in total. The van der Waals surface area contributed by atoms with Crippen LogP contribution < -0.4 is 5.32 Å². The molecule has 1 unspecified atom stereocenters. The number of aryl methyl sites for hydroxylation is 1. The molecule has 2 aromatic heterocycles. The van der Waals surface area contributed by atoms with Crippen molar-refractivity contribution >= 4 is 11.5 Å². The molecular formula is C21H27N5O. The predicted octanol–water partition coefficient (Wildman–Crippen LogP) is 3.08. The van der Waals surface area contributed by atoms with E-state index in [2.05, 4.69) is 33.5 Å². The third-order valence-corrected chi connectivity index (χ3v) is 5.17. The lowest BCUT2D eigenvalue weighted by Crippen LogP contribution is -2.26. The number of aromatic nitrogens is 3. The van der Waals surface area contributed by atoms with Crippen LogP contribution in [0.4, 0.5) is 5.82 Å². The van der Waals surface area contributed by atoms with Crippen LogP contribution in [0.25, 0.3) is 16.9 Å². The highest BCUT2D eigenvalue weighted by Gasteiger charge is 2.22. The zero-order valence-corrected chi connectivity index (χ0v) is 16.1. The van der Waals surface area contributed by atoms with Gasteiger partial charge in [-0.3, -0.25) is 0 Å². The molecule has 1 aromatic carbocycles. The molecule has 1 atom stereocenters. The highest BCUT2D eigenvalue weighted by Crippen LogP contribution is 2.24. The minimum absolute atomic E-state index is 0.641. The molecule has 1 N–H and O–H groups in total. The van der Waals surface area contributed by atoms with Crippen molar-refractivity contribution < 1.29 is 4.74 Å². The molecule has 1 aliphatic heterocycles. The van der Waals surface area contributed by atoms with Crippen LogP contribution in [0.3, 0.4) is 0 Å². The molecule has 3 heterocycles. The zero-order chi connectivity index (χ0) is 18.6. The van der Waals surface area contributed by atoms with Gasteiger partial charge in [-0.1, -0.05) is 30.3 Å². The number of hydrogen-bond donors (Lipinski definition) is 1. The number of nitrogens with zero attached hydrogens (tertiary/aromatic N) is 4. The lowest BCUT2D eigenvalue weighted by molar-refractivity contribution is 0.159. The van der Waals surface area contributed by atoms with Gasteiger partial charge in [0, 0.05) is 44.4 Å². The van der Waals surface area contributed by atoms with Gasteiger partial charge in [0.1, 0.15) is 5.82 Å². The molecule has 142 valence electrons. The van der Waals surface area contributed by atoms with E-state index in [1.54, 1.807) is 7.11 Å². The third kappa shape index (κ3) is 4.12. The summed E-state index contributed by atoms with van der Waals surface area (Å²) in [5.74, 6) is 1.64. The number of benzene rings is 1. The Labute approximate surface area is 160 Å². The van der Waals surface area contributed by atoms with E-state index < -0.39 is 0 Å². The Balaban J connectivity index is 1.52. The summed E-state index contributed by atoms with van der Waals surface area (Å²) in [4.78, 5) is 7.27. The summed E-state index contributed by atoms with van der Waals surface area (Å²) in [5, 5.41) is 8.25. The number of hydrogen-bond acceptors (Lipinski definition) is 5. The fourth-order valence-corrected chi connectivity index (χ4v) is 3.72. The highest BCUT2D eigenvalue weighted by molar-refractivity contribution is 5.66. The summed E-state index contributed by atoms with van der Waals surface area (Å²) < 4.78 is 7.11. The molecule has 0 saturated carbocycles. The molecule has 1 saturated heterocycles. The van der Waals surface area contributed by atoms with E-state index in [9.17, 15) is 0 Å². The monoisotopic (exact) mass is 365 g/mol. The van der Waals surface area contributed by atoms with Gasteiger partial charge in [-0.2, -0.15) is 9.61 Å². The van der Waals surface area contributed by atoms with Crippen molar-refractivity contribution in [3.05, 3.63) is 48.2 Å². The molecule has 0 radical (unpaired) electrons. The maximum atomic E-state index is 5.20. The fraction of sp³-hybridized carbons (Fsp3) is 0.429. The van der Waals surface area contributed by atoms with E-state index in [0.29, 0.717) is 5.92 Å². The average molecular weight is 365 g/mol. The van der Waals surface area contributed by atoms with Crippen LogP contribution in [0.15, 0.2) is 42.5 Å². The molecule has 0 amide bonds. The average Bonchev–Trinajstić information content (AvgIpc) is 3.30. The van der Waals surface area contributed by atoms with Gasteiger partial charge in [0.05, 0.1) is 18.0 Å². The Bertz CT molecular complexity index is 892. The zero-order valence-electron chi connectivity index (χ0n) is 16.1. The van der Waals surface area contributed by atoms with E-state index in [-0.39, 0.29) is 0 Å². The summed E-state index contributed by atoms with van der Waals surface area (Å²) in [6.07, 6.45) is 1.22. The van der Waals surface area contributed by atoms with Crippen LogP contribution in [0.5, 0.6) is 0 Å². The Hall–Kier alpha value is -2.44. The summed E-state index contributed by atoms with van der Waals surface area (Å²) in [6.45, 7) is 7.04. The second-order valence-corrected chi connectivity index (χ2v) is 7.28. The lowest BCUT2D eigenvalue weighted by Gasteiger charge is -2.16. The molecule has 1 aliphatic rings. The van der Waals surface area contributed by atoms with Crippen LogP contribution >= 0.6 is 0 Å². The van der Waals surface area contributed by atoms with Gasteiger partial charge in [0.2, 0.25) is 0 Å². The normalized spacial score (nSPS) is 17.6. The second-order valence-electron chi connectivity index (χ2n) is 7.28. The molecular weight excluding hydrogens is 338 g/mol. The van der Waals surface area contributed by atoms with E-state index in [4.69, 9.17) is 9.72 Å². The molecule has 1 fully saturated rings. The molecule has 0 bridgehead atoms. The first-order valence-electron chi connectivity index (χ1n) is 9.61. The van der Waals surface area contributed by atoms with Crippen molar-refractivity contribution in [2.24, 2.45) is 5.92 Å². The van der Waals surface area contributed by atoms with Gasteiger partial charge in [-0.25, -0.2) is 4.98 Å². The standard InChI is InChI=1S/C21H27N5O/c1-16-12-21-23-19(18-6-4-3-5-7-18)13-20(26(21)24-16)22-14-17-8-9-25(15-17)10-11-27-2/h3-7,12-13,17,22H,8-11,14-15H2,1-2H3. The summed E-state index contributed by atoms with van der Waals surface area (Å²) in [5.41, 5.74) is 3.94. The van der Waals surface area contributed by atoms with Gasteiger partial charge in [-0.05, 0) is 25.8 Å². The smallest absolute Gasteiger partial charge is 0.158 e. The second kappa shape index (κ2) is 8.06. The van der Waals surface area contributed by atoms with Crippen molar-refractivity contribution in [1.29, 1.82) is 0 Å². The van der Waals surface area contributed by atoms with Crippen molar-refractivity contribution in [1.82, 2.24) is 19.5 Å². The molecule has 0 aliphatic carbocycles. The maximum absolute atomic E-state index is 5.20. The molecule has 27 heavy (non-hydrogen) atoms. The van der Waals surface area contributed by atoms with Gasteiger partial charge >= 0.3 is 0 Å². The van der Waals surface area contributed by atoms with Crippen molar-refractivity contribution in [2.75, 3.05) is 45.2 Å². The number of ether oxygens (including phenoxy) is 1. The van der Waals surface area contributed by atoms with Crippen LogP contribution in [-0.4, -0.2) is 59.4 Å². The topological polar surface area (TPSA) is 54.7 Å². The Morgan fingerprint density at radius 1 is 1.22 bits per heavy atom. The Morgan fingerprint density at radius 3 is 2.89 bits per heavy atom. The molecule has 6 heteroatoms. The number of nitrogens with one attached hydrogen (secondary N) is 1. The first kappa shape index (κ1) is 17.9. The molecule has 0 spiro atoms. The predicted molar refractivity (Wildman–Crippen MR) is 108 cm³/mol. The molecule has 3 aromatic rings. The quantitative estimate of drug-likeness (QED) is 0.697. The van der Waals surface area contributed by atoms with Crippen molar-refractivity contribution in [3.8, 4) is 11.3 Å². The van der Waals surface area contributed by atoms with Gasteiger partial charge in [0.25, 0.3) is 0 Å². The third-order valence-electron chi connectivity index (χ3n) is 5.17.